The third kappa shape index (κ3) is 3.54. The molecule has 0 saturated heterocycles. The third-order valence-corrected chi connectivity index (χ3v) is 3.37. The summed E-state index contributed by atoms with van der Waals surface area (Å²) in [6.07, 6.45) is -4.67. The fourth-order valence-electron chi connectivity index (χ4n) is 2.29. The average Bonchev–Trinajstić information content (AvgIpc) is 3.03. The Balaban J connectivity index is 1.93. The van der Waals surface area contributed by atoms with Crippen LogP contribution >= 0.6 is 0 Å². The maximum absolute atomic E-state index is 12.5. The van der Waals surface area contributed by atoms with Crippen LogP contribution in [0.1, 0.15) is 23.1 Å². The van der Waals surface area contributed by atoms with E-state index in [-0.39, 0.29) is 5.56 Å². The van der Waals surface area contributed by atoms with E-state index < -0.39 is 23.9 Å². The molecule has 25 heavy (non-hydrogen) atoms. The minimum atomic E-state index is -4.67. The van der Waals surface area contributed by atoms with Crippen LogP contribution in [0.2, 0.25) is 0 Å². The number of benzene rings is 2. The monoisotopic (exact) mass is 350 g/mol. The Hall–Kier alpha value is -3.10. The number of aromatic nitrogens is 3. The fourth-order valence-corrected chi connectivity index (χ4v) is 2.29. The molecule has 0 aliphatic carbocycles. The van der Waals surface area contributed by atoms with Crippen LogP contribution in [0.3, 0.4) is 0 Å². The summed E-state index contributed by atoms with van der Waals surface area (Å²) < 4.78 is 43.1. The summed E-state index contributed by atoms with van der Waals surface area (Å²) in [6.45, 7) is 2.10. The van der Waals surface area contributed by atoms with Gasteiger partial charge in [-0.15, -0.1) is 5.10 Å². The quantitative estimate of drug-likeness (QED) is 0.753. The van der Waals surface area contributed by atoms with Crippen LogP contribution in [0.4, 0.5) is 19.1 Å². The first-order valence-electron chi connectivity index (χ1n) is 7.35. The van der Waals surface area contributed by atoms with Crippen LogP contribution in [0.25, 0.3) is 10.8 Å². The van der Waals surface area contributed by atoms with Crippen molar-refractivity contribution in [2.45, 2.75) is 13.1 Å². The first kappa shape index (κ1) is 16.7. The molecule has 0 bridgehead atoms. The van der Waals surface area contributed by atoms with Gasteiger partial charge >= 0.3 is 6.18 Å². The van der Waals surface area contributed by atoms with Crippen molar-refractivity contribution in [2.75, 3.05) is 11.9 Å². The Morgan fingerprint density at radius 3 is 2.52 bits per heavy atom. The van der Waals surface area contributed by atoms with Gasteiger partial charge in [-0.05, 0) is 29.8 Å². The van der Waals surface area contributed by atoms with Crippen molar-refractivity contribution in [3.05, 3.63) is 47.8 Å². The third-order valence-electron chi connectivity index (χ3n) is 3.37. The molecule has 2 aromatic carbocycles. The van der Waals surface area contributed by atoms with Gasteiger partial charge in [0.2, 0.25) is 11.8 Å². The van der Waals surface area contributed by atoms with Crippen LogP contribution in [0.5, 0.6) is 5.75 Å². The number of halogens is 3. The van der Waals surface area contributed by atoms with Gasteiger partial charge in [0.15, 0.2) is 0 Å². The Morgan fingerprint density at radius 1 is 1.24 bits per heavy atom. The van der Waals surface area contributed by atoms with Gasteiger partial charge in [-0.1, -0.05) is 24.3 Å². The molecule has 2 N–H and O–H groups in total. The first-order valence-corrected chi connectivity index (χ1v) is 7.35. The summed E-state index contributed by atoms with van der Waals surface area (Å²) in [4.78, 5) is 15.7. The van der Waals surface area contributed by atoms with E-state index >= 15 is 0 Å². The molecule has 0 aliphatic heterocycles. The molecule has 3 rings (SSSR count). The average molecular weight is 350 g/mol. The van der Waals surface area contributed by atoms with Crippen molar-refractivity contribution in [3.8, 4) is 5.75 Å². The molecule has 1 heterocycles. The van der Waals surface area contributed by atoms with Crippen LogP contribution in [0, 0.1) is 0 Å². The predicted molar refractivity (Wildman–Crippen MR) is 84.5 cm³/mol. The van der Waals surface area contributed by atoms with Gasteiger partial charge in [0, 0.05) is 0 Å². The van der Waals surface area contributed by atoms with E-state index in [0.29, 0.717) is 12.4 Å². The number of nitrogens with one attached hydrogen (secondary N) is 2. The molecule has 0 aliphatic rings. The highest BCUT2D eigenvalue weighted by molar-refractivity contribution is 6.08. The Morgan fingerprint density at radius 2 is 1.92 bits per heavy atom. The molecule has 3 aromatic rings. The van der Waals surface area contributed by atoms with Crippen molar-refractivity contribution < 1.29 is 22.7 Å². The summed E-state index contributed by atoms with van der Waals surface area (Å²) in [5.41, 5.74) is 0.180. The second-order valence-electron chi connectivity index (χ2n) is 5.09. The van der Waals surface area contributed by atoms with Gasteiger partial charge in [0.05, 0.1) is 12.2 Å². The molecule has 0 fully saturated rings. The molecule has 9 heteroatoms. The molecule has 0 spiro atoms. The number of carbonyl (C=O) groups excluding carboxylic acids is 1. The molecule has 1 aromatic heterocycles. The lowest BCUT2D eigenvalue weighted by molar-refractivity contribution is -0.144. The molecule has 130 valence electrons. The summed E-state index contributed by atoms with van der Waals surface area (Å²) in [5.74, 6) is -2.09. The molecule has 0 saturated carbocycles. The number of aromatic amines is 1. The molecular formula is C16H13F3N4O2. The number of amides is 1. The minimum absolute atomic E-state index is 0.180. The predicted octanol–water partition coefficient (Wildman–Crippen LogP) is 3.63. The number of hydrogen-bond acceptors (Lipinski definition) is 4. The van der Waals surface area contributed by atoms with E-state index in [1.807, 2.05) is 24.3 Å². The highest BCUT2D eigenvalue weighted by Gasteiger charge is 2.35. The highest BCUT2D eigenvalue weighted by Crippen LogP contribution is 2.28. The van der Waals surface area contributed by atoms with E-state index in [9.17, 15) is 18.0 Å². The number of H-pyrrole nitrogens is 1. The molecule has 0 unspecified atom stereocenters. The maximum Gasteiger partial charge on any atom is 0.451 e. The summed E-state index contributed by atoms with van der Waals surface area (Å²) in [5, 5.41) is 9.01. The highest BCUT2D eigenvalue weighted by atomic mass is 19.4. The number of fused-ring (bicyclic) bond motifs is 1. The van der Waals surface area contributed by atoms with Crippen LogP contribution in [0.15, 0.2) is 36.4 Å². The smallest absolute Gasteiger partial charge is 0.451 e. The summed E-state index contributed by atoms with van der Waals surface area (Å²) in [7, 11) is 0. The van der Waals surface area contributed by atoms with Gasteiger partial charge in [0.25, 0.3) is 5.91 Å². The summed E-state index contributed by atoms with van der Waals surface area (Å²) >= 11 is 0. The zero-order valence-electron chi connectivity index (χ0n) is 13.0. The zero-order chi connectivity index (χ0) is 18.0. The van der Waals surface area contributed by atoms with Gasteiger partial charge in [-0.25, -0.2) is 0 Å². The maximum atomic E-state index is 12.5. The Bertz CT molecular complexity index is 921. The molecule has 0 radical (unpaired) electrons. The van der Waals surface area contributed by atoms with E-state index in [1.165, 1.54) is 0 Å². The standard InChI is InChI=1S/C16H13F3N4O2/c1-2-25-12-8-10-6-4-3-5-9(10)7-11(12)13(24)20-15-21-14(22-23-15)16(17,18)19/h3-8H,2H2,1H3,(H2,20,21,22,23,24). The topological polar surface area (TPSA) is 79.9 Å². The largest absolute Gasteiger partial charge is 0.493 e. The van der Waals surface area contributed by atoms with Gasteiger partial charge < -0.3 is 4.74 Å². The Labute approximate surface area is 140 Å². The van der Waals surface area contributed by atoms with Gasteiger partial charge in [-0.3, -0.25) is 15.2 Å². The summed E-state index contributed by atoms with van der Waals surface area (Å²) in [6, 6.07) is 10.7. The Kier molecular flexibility index (Phi) is 4.30. The lowest BCUT2D eigenvalue weighted by Gasteiger charge is -2.11. The number of nitrogens with zero attached hydrogens (tertiary/aromatic N) is 2. The number of alkyl halides is 3. The molecular weight excluding hydrogens is 337 g/mol. The lowest BCUT2D eigenvalue weighted by atomic mass is 10.1. The fraction of sp³-hybridized carbons (Fsp3) is 0.188. The van der Waals surface area contributed by atoms with E-state index in [0.717, 1.165) is 10.8 Å². The lowest BCUT2D eigenvalue weighted by Crippen LogP contribution is -2.15. The zero-order valence-corrected chi connectivity index (χ0v) is 13.0. The second-order valence-corrected chi connectivity index (χ2v) is 5.09. The SMILES string of the molecule is CCOc1cc2ccccc2cc1C(=O)Nc1n[nH]c(C(F)(F)F)n1. The number of anilines is 1. The number of carbonyl (C=O) groups is 1. The number of ether oxygens (including phenoxy) is 1. The normalized spacial score (nSPS) is 11.5. The van der Waals surface area contributed by atoms with Crippen molar-refractivity contribution in [2.24, 2.45) is 0 Å². The van der Waals surface area contributed by atoms with Crippen molar-refractivity contribution in [1.29, 1.82) is 0 Å². The minimum Gasteiger partial charge on any atom is -0.493 e. The molecule has 6 nitrogen and oxygen atoms in total. The molecule has 1 amide bonds. The molecule has 0 atom stereocenters. The van der Waals surface area contributed by atoms with Crippen LogP contribution in [-0.2, 0) is 6.18 Å². The number of hydrogen-bond donors (Lipinski definition) is 2. The second kappa shape index (κ2) is 6.42. The van der Waals surface area contributed by atoms with Crippen molar-refractivity contribution in [1.82, 2.24) is 15.2 Å². The van der Waals surface area contributed by atoms with Gasteiger partial charge in [-0.2, -0.15) is 18.2 Å². The van der Waals surface area contributed by atoms with E-state index in [2.05, 4.69) is 15.4 Å². The van der Waals surface area contributed by atoms with Crippen LogP contribution < -0.4 is 10.1 Å². The van der Waals surface area contributed by atoms with Gasteiger partial charge in [0.1, 0.15) is 5.75 Å². The van der Waals surface area contributed by atoms with E-state index in [1.54, 1.807) is 24.2 Å². The first-order chi connectivity index (χ1) is 11.9. The van der Waals surface area contributed by atoms with E-state index in [4.69, 9.17) is 4.74 Å². The van der Waals surface area contributed by atoms with Crippen LogP contribution in [-0.4, -0.2) is 27.7 Å². The van der Waals surface area contributed by atoms with Crippen molar-refractivity contribution >= 4 is 22.6 Å². The van der Waals surface area contributed by atoms with Crippen molar-refractivity contribution in [3.63, 3.8) is 0 Å². The number of rotatable bonds is 4.